The van der Waals surface area contributed by atoms with Gasteiger partial charge >= 0.3 is 0 Å². The molecule has 2 aromatic rings. The first-order chi connectivity index (χ1) is 12.9. The third kappa shape index (κ3) is 6.88. The average molecular weight is 500 g/mol. The molecule has 0 fully saturated rings. The molecule has 0 saturated carbocycles. The van der Waals surface area contributed by atoms with Crippen LogP contribution in [0.5, 0.6) is 11.5 Å². The van der Waals surface area contributed by atoms with Crippen molar-refractivity contribution in [3.63, 3.8) is 0 Å². The molecule has 2 amide bonds. The topological polar surface area (TPSA) is 76.7 Å². The van der Waals surface area contributed by atoms with Crippen molar-refractivity contribution < 1.29 is 19.1 Å². The van der Waals surface area contributed by atoms with Crippen LogP contribution < -0.4 is 20.3 Å². The Morgan fingerprint density at radius 2 is 1.78 bits per heavy atom. The molecular weight excluding hydrogens is 480 g/mol. The molecule has 0 radical (unpaired) electrons. The van der Waals surface area contributed by atoms with Crippen LogP contribution in [-0.4, -0.2) is 24.5 Å². The van der Waals surface area contributed by atoms with Gasteiger partial charge in [-0.1, -0.05) is 35.0 Å². The zero-order valence-electron chi connectivity index (χ0n) is 14.9. The molecule has 0 heterocycles. The molecule has 1 unspecified atom stereocenters. The first-order valence-corrected chi connectivity index (χ1v) is 9.89. The molecule has 144 valence electrons. The molecule has 0 aliphatic carbocycles. The number of rotatable bonds is 7. The van der Waals surface area contributed by atoms with Crippen molar-refractivity contribution in [2.75, 3.05) is 6.61 Å². The van der Waals surface area contributed by atoms with Gasteiger partial charge in [0.25, 0.3) is 11.8 Å². The van der Waals surface area contributed by atoms with Gasteiger partial charge in [-0.2, -0.15) is 0 Å². The van der Waals surface area contributed by atoms with Gasteiger partial charge in [0.1, 0.15) is 11.5 Å². The predicted octanol–water partition coefficient (Wildman–Crippen LogP) is 3.77. The van der Waals surface area contributed by atoms with Crippen LogP contribution in [-0.2, 0) is 16.0 Å². The molecule has 2 aromatic carbocycles. The number of ether oxygens (including phenoxy) is 2. The van der Waals surface area contributed by atoms with Gasteiger partial charge in [0, 0.05) is 4.47 Å². The summed E-state index contributed by atoms with van der Waals surface area (Å²) in [7, 11) is 0. The second-order valence-electron chi connectivity index (χ2n) is 5.66. The van der Waals surface area contributed by atoms with Gasteiger partial charge < -0.3 is 9.47 Å². The molecule has 27 heavy (non-hydrogen) atoms. The van der Waals surface area contributed by atoms with Crippen molar-refractivity contribution in [2.45, 2.75) is 26.4 Å². The summed E-state index contributed by atoms with van der Waals surface area (Å²) in [5.41, 5.74) is 5.81. The molecule has 2 N–H and O–H groups in total. The molecule has 8 heteroatoms. The minimum absolute atomic E-state index is 0.242. The van der Waals surface area contributed by atoms with Gasteiger partial charge in [-0.3, -0.25) is 20.4 Å². The number of hydrogen-bond acceptors (Lipinski definition) is 4. The largest absolute Gasteiger partial charge is 0.483 e. The lowest BCUT2D eigenvalue weighted by Gasteiger charge is -2.15. The van der Waals surface area contributed by atoms with Crippen LogP contribution in [0.3, 0.4) is 0 Å². The zero-order chi connectivity index (χ0) is 19.8. The summed E-state index contributed by atoms with van der Waals surface area (Å²) < 4.78 is 12.6. The Hall–Kier alpha value is -2.06. The van der Waals surface area contributed by atoms with Crippen molar-refractivity contribution in [2.24, 2.45) is 0 Å². The maximum absolute atomic E-state index is 12.0. The van der Waals surface area contributed by atoms with Crippen molar-refractivity contribution in [3.8, 4) is 11.5 Å². The number of halogens is 2. The summed E-state index contributed by atoms with van der Waals surface area (Å²) >= 11 is 6.68. The van der Waals surface area contributed by atoms with E-state index in [0.29, 0.717) is 16.0 Å². The number of hydrazine groups is 1. The van der Waals surface area contributed by atoms with Gasteiger partial charge in [0.2, 0.25) is 0 Å². The monoisotopic (exact) mass is 498 g/mol. The van der Waals surface area contributed by atoms with Crippen molar-refractivity contribution in [1.82, 2.24) is 10.9 Å². The summed E-state index contributed by atoms with van der Waals surface area (Å²) in [5, 5.41) is 0. The maximum atomic E-state index is 12.0. The van der Waals surface area contributed by atoms with Gasteiger partial charge in [-0.15, -0.1) is 0 Å². The van der Waals surface area contributed by atoms with Crippen molar-refractivity contribution in [1.29, 1.82) is 0 Å². The molecule has 6 nitrogen and oxygen atoms in total. The number of carbonyl (C=O) groups excluding carboxylic acids is 2. The molecule has 0 bridgehead atoms. The van der Waals surface area contributed by atoms with E-state index in [4.69, 9.17) is 9.47 Å². The van der Waals surface area contributed by atoms with Crippen LogP contribution in [0.25, 0.3) is 0 Å². The summed E-state index contributed by atoms with van der Waals surface area (Å²) in [6.07, 6.45) is 0.167. The van der Waals surface area contributed by atoms with E-state index in [9.17, 15) is 9.59 Å². The fraction of sp³-hybridized carbons (Fsp3) is 0.263. The highest BCUT2D eigenvalue weighted by atomic mass is 79.9. The van der Waals surface area contributed by atoms with Crippen molar-refractivity contribution >= 4 is 43.7 Å². The number of benzene rings is 2. The lowest BCUT2D eigenvalue weighted by Crippen LogP contribution is -2.48. The van der Waals surface area contributed by atoms with Gasteiger partial charge in [-0.05, 0) is 65.2 Å². The van der Waals surface area contributed by atoms with Gasteiger partial charge in [0.05, 0.1) is 4.47 Å². The lowest BCUT2D eigenvalue weighted by atomic mass is 10.2. The minimum Gasteiger partial charge on any atom is -0.483 e. The second kappa shape index (κ2) is 10.3. The van der Waals surface area contributed by atoms with Crippen LogP contribution in [0.2, 0.25) is 0 Å². The summed E-state index contributed by atoms with van der Waals surface area (Å²) in [4.78, 5) is 23.9. The fourth-order valence-corrected chi connectivity index (χ4v) is 3.23. The molecule has 1 atom stereocenters. The summed E-state index contributed by atoms with van der Waals surface area (Å²) in [5.74, 6) is 0.155. The van der Waals surface area contributed by atoms with E-state index in [2.05, 4.69) is 49.6 Å². The Balaban J connectivity index is 1.75. The molecule has 0 aromatic heterocycles. The van der Waals surface area contributed by atoms with Crippen LogP contribution in [0, 0.1) is 0 Å². The maximum Gasteiger partial charge on any atom is 0.279 e. The van der Waals surface area contributed by atoms with E-state index in [-0.39, 0.29) is 6.61 Å². The number of nitrogens with one attached hydrogen (secondary N) is 2. The van der Waals surface area contributed by atoms with Gasteiger partial charge in [0.15, 0.2) is 12.7 Å². The molecule has 0 aliphatic rings. The molecule has 2 rings (SSSR count). The van der Waals surface area contributed by atoms with E-state index in [1.54, 1.807) is 25.1 Å². The Labute approximate surface area is 174 Å². The first kappa shape index (κ1) is 21.2. The van der Waals surface area contributed by atoms with Crippen molar-refractivity contribution in [3.05, 3.63) is 57.0 Å². The Bertz CT molecular complexity index is 797. The second-order valence-corrected chi connectivity index (χ2v) is 7.43. The predicted molar refractivity (Wildman–Crippen MR) is 110 cm³/mol. The zero-order valence-corrected chi connectivity index (χ0v) is 18.1. The number of amides is 2. The minimum atomic E-state index is -0.765. The number of aryl methyl sites for hydroxylation is 1. The summed E-state index contributed by atoms with van der Waals surface area (Å²) in [6.45, 7) is 3.42. The molecule has 0 spiro atoms. The first-order valence-electron chi connectivity index (χ1n) is 8.31. The SMILES string of the molecule is CCc1ccc(OC(C)C(=O)NNC(=O)COc2ccc(Br)cc2Br)cc1. The third-order valence-corrected chi connectivity index (χ3v) is 4.70. The standard InChI is InChI=1S/C19H20Br2N2O4/c1-3-13-4-7-15(8-5-13)27-12(2)19(25)23-22-18(24)11-26-17-9-6-14(20)10-16(17)21/h4-10,12H,3,11H2,1-2H3,(H,22,24)(H,23,25). The van der Waals surface area contributed by atoms with E-state index >= 15 is 0 Å². The summed E-state index contributed by atoms with van der Waals surface area (Å²) in [6, 6.07) is 12.8. The Morgan fingerprint density at radius 1 is 1.07 bits per heavy atom. The Morgan fingerprint density at radius 3 is 2.41 bits per heavy atom. The molecular formula is C19H20Br2N2O4. The molecule has 0 saturated heterocycles. The normalized spacial score (nSPS) is 11.4. The highest BCUT2D eigenvalue weighted by Crippen LogP contribution is 2.28. The van der Waals surface area contributed by atoms with E-state index in [1.807, 2.05) is 24.3 Å². The molecule has 0 aliphatic heterocycles. The van der Waals surface area contributed by atoms with E-state index in [1.165, 1.54) is 5.56 Å². The Kier molecular flexibility index (Phi) is 8.12. The van der Waals surface area contributed by atoms with Crippen LogP contribution in [0.15, 0.2) is 51.4 Å². The number of carbonyl (C=O) groups is 2. The quantitative estimate of drug-likeness (QED) is 0.568. The number of hydrogen-bond donors (Lipinski definition) is 2. The van der Waals surface area contributed by atoms with Crippen LogP contribution >= 0.6 is 31.9 Å². The van der Waals surface area contributed by atoms with Gasteiger partial charge in [-0.25, -0.2) is 0 Å². The van der Waals surface area contributed by atoms with E-state index < -0.39 is 17.9 Å². The van der Waals surface area contributed by atoms with E-state index in [0.717, 1.165) is 10.9 Å². The third-order valence-electron chi connectivity index (χ3n) is 3.59. The average Bonchev–Trinajstić information content (AvgIpc) is 2.66. The highest BCUT2D eigenvalue weighted by Gasteiger charge is 2.15. The van der Waals surface area contributed by atoms with Crippen LogP contribution in [0.4, 0.5) is 0 Å². The smallest absolute Gasteiger partial charge is 0.279 e. The lowest BCUT2D eigenvalue weighted by molar-refractivity contribution is -0.133. The fourth-order valence-electron chi connectivity index (χ4n) is 2.07. The highest BCUT2D eigenvalue weighted by molar-refractivity contribution is 9.11. The van der Waals surface area contributed by atoms with Crippen LogP contribution in [0.1, 0.15) is 19.4 Å².